The van der Waals surface area contributed by atoms with E-state index in [4.69, 9.17) is 0 Å². The quantitative estimate of drug-likeness (QED) is 0.558. The van der Waals surface area contributed by atoms with Crippen LogP contribution in [-0.4, -0.2) is 10.5 Å². The summed E-state index contributed by atoms with van der Waals surface area (Å²) in [5.74, 6) is 0.249. The van der Waals surface area contributed by atoms with E-state index in [-0.39, 0.29) is 10.5 Å². The standard InChI is InChI=1S/C7H10OS.C2H6/c1-7(2)5-6(8)3-4-9-7;1-2/h3-4H,5H2,1-2H3;1-2H3. The van der Waals surface area contributed by atoms with Gasteiger partial charge < -0.3 is 0 Å². The Morgan fingerprint density at radius 3 is 2.27 bits per heavy atom. The van der Waals surface area contributed by atoms with Gasteiger partial charge in [-0.15, -0.1) is 11.8 Å². The predicted octanol–water partition coefficient (Wildman–Crippen LogP) is 3.01. The molecule has 0 amide bonds. The highest BCUT2D eigenvalue weighted by molar-refractivity contribution is 8.03. The van der Waals surface area contributed by atoms with Crippen LogP contribution in [0.2, 0.25) is 0 Å². The summed E-state index contributed by atoms with van der Waals surface area (Å²) in [4.78, 5) is 10.8. The molecule has 64 valence electrons. The Labute approximate surface area is 73.3 Å². The summed E-state index contributed by atoms with van der Waals surface area (Å²) in [5, 5.41) is 1.88. The first-order valence-corrected chi connectivity index (χ1v) is 4.85. The summed E-state index contributed by atoms with van der Waals surface area (Å²) in [5.41, 5.74) is 0. The molecule has 0 saturated heterocycles. The van der Waals surface area contributed by atoms with Gasteiger partial charge in [0.15, 0.2) is 5.78 Å². The van der Waals surface area contributed by atoms with E-state index >= 15 is 0 Å². The Hall–Kier alpha value is -0.240. The molecule has 1 heterocycles. The average Bonchev–Trinajstić information content (AvgIpc) is 1.89. The molecule has 1 aliphatic rings. The molecule has 0 radical (unpaired) electrons. The number of thioether (sulfide) groups is 1. The van der Waals surface area contributed by atoms with Gasteiger partial charge in [0, 0.05) is 11.2 Å². The van der Waals surface area contributed by atoms with Crippen LogP contribution in [0.1, 0.15) is 34.1 Å². The molecule has 0 spiro atoms. The summed E-state index contributed by atoms with van der Waals surface area (Å²) >= 11 is 1.72. The zero-order valence-corrected chi connectivity index (χ0v) is 8.49. The normalized spacial score (nSPS) is 20.5. The molecule has 0 fully saturated rings. The van der Waals surface area contributed by atoms with Crippen molar-refractivity contribution in [2.75, 3.05) is 0 Å². The SMILES string of the molecule is CC.CC1(C)CC(=O)C=CS1. The van der Waals surface area contributed by atoms with Crippen molar-refractivity contribution in [3.05, 3.63) is 11.5 Å². The van der Waals surface area contributed by atoms with Crippen molar-refractivity contribution in [3.63, 3.8) is 0 Å². The van der Waals surface area contributed by atoms with Crippen LogP contribution in [0.5, 0.6) is 0 Å². The molecule has 0 bridgehead atoms. The van der Waals surface area contributed by atoms with E-state index in [1.165, 1.54) is 0 Å². The van der Waals surface area contributed by atoms with Crippen molar-refractivity contribution < 1.29 is 4.79 Å². The molecule has 1 nitrogen and oxygen atoms in total. The van der Waals surface area contributed by atoms with Crippen LogP contribution in [0.4, 0.5) is 0 Å². The molecule has 0 aromatic carbocycles. The summed E-state index contributed by atoms with van der Waals surface area (Å²) in [6.45, 7) is 8.16. The van der Waals surface area contributed by atoms with Crippen molar-refractivity contribution >= 4 is 17.5 Å². The molecule has 0 aromatic rings. The van der Waals surface area contributed by atoms with Crippen molar-refractivity contribution in [3.8, 4) is 0 Å². The third-order valence-electron chi connectivity index (χ3n) is 1.24. The van der Waals surface area contributed by atoms with Crippen molar-refractivity contribution in [2.24, 2.45) is 0 Å². The van der Waals surface area contributed by atoms with Gasteiger partial charge in [-0.25, -0.2) is 0 Å². The van der Waals surface area contributed by atoms with Crippen molar-refractivity contribution in [1.82, 2.24) is 0 Å². The number of ketones is 1. The van der Waals surface area contributed by atoms with E-state index in [1.807, 2.05) is 19.3 Å². The third-order valence-corrected chi connectivity index (χ3v) is 2.30. The maximum absolute atomic E-state index is 10.8. The van der Waals surface area contributed by atoms with Crippen LogP contribution in [-0.2, 0) is 4.79 Å². The number of carbonyl (C=O) groups is 1. The fourth-order valence-electron chi connectivity index (χ4n) is 0.814. The zero-order chi connectivity index (χ0) is 8.91. The minimum atomic E-state index is 0.131. The second-order valence-corrected chi connectivity index (χ2v) is 4.44. The van der Waals surface area contributed by atoms with Crippen molar-refractivity contribution in [2.45, 2.75) is 38.9 Å². The first-order valence-electron chi connectivity index (χ1n) is 3.97. The summed E-state index contributed by atoms with van der Waals surface area (Å²) in [6.07, 6.45) is 2.32. The molecular formula is C9H16OS. The van der Waals surface area contributed by atoms with Crippen LogP contribution in [0.3, 0.4) is 0 Å². The smallest absolute Gasteiger partial charge is 0.157 e. The fraction of sp³-hybridized carbons (Fsp3) is 0.667. The Morgan fingerprint density at radius 1 is 1.45 bits per heavy atom. The van der Waals surface area contributed by atoms with Crippen molar-refractivity contribution in [1.29, 1.82) is 0 Å². The number of carbonyl (C=O) groups excluding carboxylic acids is 1. The van der Waals surface area contributed by atoms with Crippen LogP contribution in [0.25, 0.3) is 0 Å². The van der Waals surface area contributed by atoms with E-state index in [0.29, 0.717) is 6.42 Å². The molecule has 11 heavy (non-hydrogen) atoms. The molecular weight excluding hydrogens is 156 g/mol. The maximum Gasteiger partial charge on any atom is 0.157 e. The molecule has 0 saturated carbocycles. The van der Waals surface area contributed by atoms with Crippen LogP contribution < -0.4 is 0 Å². The third kappa shape index (κ3) is 4.25. The van der Waals surface area contributed by atoms with E-state index in [1.54, 1.807) is 17.8 Å². The largest absolute Gasteiger partial charge is 0.295 e. The van der Waals surface area contributed by atoms with Crippen LogP contribution in [0, 0.1) is 0 Å². The lowest BCUT2D eigenvalue weighted by Gasteiger charge is -2.22. The molecule has 0 aliphatic carbocycles. The Kier molecular flexibility index (Phi) is 4.50. The van der Waals surface area contributed by atoms with Crippen LogP contribution >= 0.6 is 11.8 Å². The van der Waals surface area contributed by atoms with E-state index in [9.17, 15) is 4.79 Å². The zero-order valence-electron chi connectivity index (χ0n) is 7.68. The number of hydrogen-bond donors (Lipinski definition) is 0. The number of rotatable bonds is 0. The lowest BCUT2D eigenvalue weighted by atomic mass is 10.1. The first-order chi connectivity index (χ1) is 5.10. The summed E-state index contributed by atoms with van der Waals surface area (Å²) < 4.78 is 0.131. The van der Waals surface area contributed by atoms with Gasteiger partial charge in [0.2, 0.25) is 0 Å². The molecule has 0 unspecified atom stereocenters. The van der Waals surface area contributed by atoms with Gasteiger partial charge in [-0.3, -0.25) is 4.79 Å². The molecule has 0 atom stereocenters. The van der Waals surface area contributed by atoms with Gasteiger partial charge in [0.25, 0.3) is 0 Å². The van der Waals surface area contributed by atoms with Gasteiger partial charge in [0.05, 0.1) is 0 Å². The molecule has 2 heteroatoms. The minimum absolute atomic E-state index is 0.131. The topological polar surface area (TPSA) is 17.1 Å². The Balaban J connectivity index is 0.000000461. The summed E-state index contributed by atoms with van der Waals surface area (Å²) in [6, 6.07) is 0. The Bertz CT molecular complexity index is 159. The second-order valence-electron chi connectivity index (χ2n) is 2.82. The minimum Gasteiger partial charge on any atom is -0.295 e. The highest BCUT2D eigenvalue weighted by Crippen LogP contribution is 2.32. The van der Waals surface area contributed by atoms with E-state index in [0.717, 1.165) is 0 Å². The lowest BCUT2D eigenvalue weighted by Crippen LogP contribution is -2.20. The maximum atomic E-state index is 10.8. The van der Waals surface area contributed by atoms with Gasteiger partial charge in [-0.05, 0) is 25.3 Å². The molecule has 0 N–H and O–H groups in total. The highest BCUT2D eigenvalue weighted by Gasteiger charge is 2.23. The molecule has 1 rings (SSSR count). The number of allylic oxidation sites excluding steroid dienone is 1. The predicted molar refractivity (Wildman–Crippen MR) is 51.8 cm³/mol. The summed E-state index contributed by atoms with van der Waals surface area (Å²) in [7, 11) is 0. The molecule has 1 aliphatic heterocycles. The highest BCUT2D eigenvalue weighted by atomic mass is 32.2. The van der Waals surface area contributed by atoms with E-state index in [2.05, 4.69) is 13.8 Å². The van der Waals surface area contributed by atoms with Gasteiger partial charge in [-0.2, -0.15) is 0 Å². The van der Waals surface area contributed by atoms with Gasteiger partial charge in [-0.1, -0.05) is 13.8 Å². The van der Waals surface area contributed by atoms with Gasteiger partial charge >= 0.3 is 0 Å². The molecule has 0 aromatic heterocycles. The first kappa shape index (κ1) is 10.8. The average molecular weight is 172 g/mol. The van der Waals surface area contributed by atoms with E-state index < -0.39 is 0 Å². The second kappa shape index (κ2) is 4.60. The fourth-order valence-corrected chi connectivity index (χ4v) is 1.63. The van der Waals surface area contributed by atoms with Crippen LogP contribution in [0.15, 0.2) is 11.5 Å². The lowest BCUT2D eigenvalue weighted by molar-refractivity contribution is -0.115. The Morgan fingerprint density at radius 2 is 2.00 bits per heavy atom. The monoisotopic (exact) mass is 172 g/mol. The number of hydrogen-bond acceptors (Lipinski definition) is 2. The van der Waals surface area contributed by atoms with Gasteiger partial charge in [0.1, 0.15) is 0 Å².